The summed E-state index contributed by atoms with van der Waals surface area (Å²) in [5.74, 6) is 1.86. The maximum atomic E-state index is 5.49. The second-order valence-electron chi connectivity index (χ2n) is 5.57. The molecule has 0 atom stereocenters. The highest BCUT2D eigenvalue weighted by atomic mass is 127. The number of nitrogens with zero attached hydrogens (tertiary/aromatic N) is 2. The number of guanidine groups is 1. The van der Waals surface area contributed by atoms with E-state index in [0.717, 1.165) is 57.4 Å². The summed E-state index contributed by atoms with van der Waals surface area (Å²) in [6, 6.07) is 8.25. The molecule has 0 unspecified atom stereocenters. The molecule has 0 amide bonds. The van der Waals surface area contributed by atoms with Crippen molar-refractivity contribution in [1.29, 1.82) is 0 Å². The molecule has 0 spiro atoms. The molecule has 1 N–H and O–H groups in total. The van der Waals surface area contributed by atoms with Gasteiger partial charge in [0.25, 0.3) is 0 Å². The van der Waals surface area contributed by atoms with Gasteiger partial charge in [0.15, 0.2) is 5.96 Å². The van der Waals surface area contributed by atoms with Crippen LogP contribution in [-0.4, -0.2) is 50.8 Å². The van der Waals surface area contributed by atoms with Gasteiger partial charge in [-0.2, -0.15) is 0 Å². The molecular weight excluding hydrogens is 429 g/mol. The van der Waals surface area contributed by atoms with Crippen LogP contribution >= 0.6 is 24.0 Å². The van der Waals surface area contributed by atoms with Crippen molar-refractivity contribution in [2.75, 3.05) is 40.0 Å². The summed E-state index contributed by atoms with van der Waals surface area (Å²) in [4.78, 5) is 6.86. The Morgan fingerprint density at radius 1 is 1.08 bits per heavy atom. The molecule has 25 heavy (non-hydrogen) atoms. The summed E-state index contributed by atoms with van der Waals surface area (Å²) in [6.45, 7) is 10.9. The first-order chi connectivity index (χ1) is 11.7. The SMILES string of the molecule is CCNC(=NCCCCOCC)N(C)Cc1ccc(OCC)cc1.I. The summed E-state index contributed by atoms with van der Waals surface area (Å²) in [5.41, 5.74) is 1.24. The first kappa shape index (κ1) is 24.0. The van der Waals surface area contributed by atoms with Gasteiger partial charge in [-0.15, -0.1) is 24.0 Å². The lowest BCUT2D eigenvalue weighted by atomic mass is 10.2. The lowest BCUT2D eigenvalue weighted by molar-refractivity contribution is 0.144. The Labute approximate surface area is 170 Å². The van der Waals surface area contributed by atoms with Crippen LogP contribution < -0.4 is 10.1 Å². The molecule has 0 aliphatic heterocycles. The van der Waals surface area contributed by atoms with E-state index < -0.39 is 0 Å². The second-order valence-corrected chi connectivity index (χ2v) is 5.57. The molecule has 0 fully saturated rings. The van der Waals surface area contributed by atoms with Gasteiger partial charge in [-0.1, -0.05) is 12.1 Å². The van der Waals surface area contributed by atoms with Crippen LogP contribution in [-0.2, 0) is 11.3 Å². The summed E-state index contributed by atoms with van der Waals surface area (Å²) in [7, 11) is 2.07. The largest absolute Gasteiger partial charge is 0.494 e. The van der Waals surface area contributed by atoms with Crippen molar-refractivity contribution in [2.24, 2.45) is 4.99 Å². The molecule has 6 heteroatoms. The van der Waals surface area contributed by atoms with E-state index in [1.165, 1.54) is 5.56 Å². The molecule has 1 aromatic carbocycles. The third-order valence-corrected chi connectivity index (χ3v) is 3.51. The highest BCUT2D eigenvalue weighted by Crippen LogP contribution is 2.13. The molecule has 0 heterocycles. The Morgan fingerprint density at radius 2 is 1.80 bits per heavy atom. The van der Waals surface area contributed by atoms with Gasteiger partial charge in [0, 0.05) is 39.9 Å². The fourth-order valence-electron chi connectivity index (χ4n) is 2.32. The van der Waals surface area contributed by atoms with Gasteiger partial charge in [0.2, 0.25) is 0 Å². The lowest BCUT2D eigenvalue weighted by Crippen LogP contribution is -2.38. The number of unbranched alkanes of at least 4 members (excludes halogenated alkanes) is 1. The Hall–Kier alpha value is -1.02. The van der Waals surface area contributed by atoms with E-state index in [1.807, 2.05) is 26.0 Å². The van der Waals surface area contributed by atoms with Gasteiger partial charge in [0.05, 0.1) is 6.61 Å². The minimum Gasteiger partial charge on any atom is -0.494 e. The number of aliphatic imine (C=N–C) groups is 1. The van der Waals surface area contributed by atoms with Crippen LogP contribution in [0.4, 0.5) is 0 Å². The molecule has 0 radical (unpaired) electrons. The number of benzene rings is 1. The Morgan fingerprint density at radius 3 is 2.40 bits per heavy atom. The van der Waals surface area contributed by atoms with Crippen LogP contribution in [0.5, 0.6) is 5.75 Å². The number of nitrogens with one attached hydrogen (secondary N) is 1. The highest BCUT2D eigenvalue weighted by Gasteiger charge is 2.06. The zero-order valence-electron chi connectivity index (χ0n) is 16.1. The molecule has 1 rings (SSSR count). The lowest BCUT2D eigenvalue weighted by Gasteiger charge is -2.22. The van der Waals surface area contributed by atoms with E-state index in [1.54, 1.807) is 0 Å². The zero-order chi connectivity index (χ0) is 17.6. The van der Waals surface area contributed by atoms with Crippen molar-refractivity contribution in [3.8, 4) is 5.75 Å². The number of rotatable bonds is 11. The predicted octanol–water partition coefficient (Wildman–Crippen LogP) is 3.92. The average molecular weight is 463 g/mol. The minimum atomic E-state index is 0. The van der Waals surface area contributed by atoms with Gasteiger partial charge < -0.3 is 19.7 Å². The normalized spacial score (nSPS) is 11.0. The standard InChI is InChI=1S/C19H33N3O2.HI/c1-5-20-19(21-14-8-9-15-23-6-2)22(4)16-17-10-12-18(13-11-17)24-7-3;/h10-13H,5-9,14-16H2,1-4H3,(H,20,21);1H. The van der Waals surface area contributed by atoms with Crippen LogP contribution in [0.3, 0.4) is 0 Å². The zero-order valence-corrected chi connectivity index (χ0v) is 18.4. The van der Waals surface area contributed by atoms with E-state index in [0.29, 0.717) is 6.61 Å². The van der Waals surface area contributed by atoms with E-state index in [-0.39, 0.29) is 24.0 Å². The van der Waals surface area contributed by atoms with E-state index in [2.05, 4.69) is 36.3 Å². The van der Waals surface area contributed by atoms with Crippen LogP contribution in [0, 0.1) is 0 Å². The predicted molar refractivity (Wildman–Crippen MR) is 116 cm³/mol. The second kappa shape index (κ2) is 15.3. The van der Waals surface area contributed by atoms with Crippen molar-refractivity contribution < 1.29 is 9.47 Å². The quantitative estimate of drug-likeness (QED) is 0.234. The average Bonchev–Trinajstić information content (AvgIpc) is 2.59. The molecule has 0 saturated heterocycles. The molecule has 0 aromatic heterocycles. The summed E-state index contributed by atoms with van der Waals surface area (Å²) >= 11 is 0. The third-order valence-electron chi connectivity index (χ3n) is 3.51. The van der Waals surface area contributed by atoms with Gasteiger partial charge >= 0.3 is 0 Å². The van der Waals surface area contributed by atoms with Crippen LogP contribution in [0.25, 0.3) is 0 Å². The number of hydrogen-bond donors (Lipinski definition) is 1. The summed E-state index contributed by atoms with van der Waals surface area (Å²) in [6.07, 6.45) is 2.10. The van der Waals surface area contributed by atoms with Crippen molar-refractivity contribution in [3.63, 3.8) is 0 Å². The molecule has 0 aliphatic rings. The Kier molecular flexibility index (Phi) is 14.6. The smallest absolute Gasteiger partial charge is 0.193 e. The number of halogens is 1. The fraction of sp³-hybridized carbons (Fsp3) is 0.632. The molecular formula is C19H34IN3O2. The maximum Gasteiger partial charge on any atom is 0.193 e. The summed E-state index contributed by atoms with van der Waals surface area (Å²) < 4.78 is 10.8. The van der Waals surface area contributed by atoms with E-state index >= 15 is 0 Å². The Bertz CT molecular complexity index is 466. The van der Waals surface area contributed by atoms with Gasteiger partial charge in [-0.05, 0) is 51.3 Å². The topological polar surface area (TPSA) is 46.1 Å². The van der Waals surface area contributed by atoms with Gasteiger partial charge in [-0.25, -0.2) is 0 Å². The minimum absolute atomic E-state index is 0. The molecule has 1 aromatic rings. The summed E-state index contributed by atoms with van der Waals surface area (Å²) in [5, 5.41) is 3.36. The molecule has 0 saturated carbocycles. The van der Waals surface area contributed by atoms with Crippen molar-refractivity contribution in [1.82, 2.24) is 10.2 Å². The Balaban J connectivity index is 0.00000576. The third kappa shape index (κ3) is 10.5. The first-order valence-corrected chi connectivity index (χ1v) is 9.00. The van der Waals surface area contributed by atoms with Crippen LogP contribution in [0.2, 0.25) is 0 Å². The molecule has 5 nitrogen and oxygen atoms in total. The van der Waals surface area contributed by atoms with Crippen molar-refractivity contribution in [2.45, 2.75) is 40.2 Å². The number of hydrogen-bond acceptors (Lipinski definition) is 3. The highest BCUT2D eigenvalue weighted by molar-refractivity contribution is 14.0. The van der Waals surface area contributed by atoms with Gasteiger partial charge in [-0.3, -0.25) is 4.99 Å². The van der Waals surface area contributed by atoms with Crippen LogP contribution in [0.1, 0.15) is 39.2 Å². The van der Waals surface area contributed by atoms with Crippen LogP contribution in [0.15, 0.2) is 29.3 Å². The monoisotopic (exact) mass is 463 g/mol. The van der Waals surface area contributed by atoms with E-state index in [4.69, 9.17) is 14.5 Å². The van der Waals surface area contributed by atoms with E-state index in [9.17, 15) is 0 Å². The van der Waals surface area contributed by atoms with Gasteiger partial charge in [0.1, 0.15) is 5.75 Å². The maximum absolute atomic E-state index is 5.49. The molecule has 0 bridgehead atoms. The molecule has 144 valence electrons. The first-order valence-electron chi connectivity index (χ1n) is 9.00. The van der Waals surface area contributed by atoms with Crippen molar-refractivity contribution >= 4 is 29.9 Å². The number of ether oxygens (including phenoxy) is 2. The fourth-order valence-corrected chi connectivity index (χ4v) is 2.32. The molecule has 0 aliphatic carbocycles. The van der Waals surface area contributed by atoms with Crippen molar-refractivity contribution in [3.05, 3.63) is 29.8 Å².